The summed E-state index contributed by atoms with van der Waals surface area (Å²) in [5.74, 6) is 1.02. The van der Waals surface area contributed by atoms with E-state index in [2.05, 4.69) is 166 Å². The number of hydrogen-bond acceptors (Lipinski definition) is 4. The predicted octanol–water partition coefficient (Wildman–Crippen LogP) is 14.5. The Balaban J connectivity index is 0.000000184. The molecule has 0 aliphatic rings. The molecule has 0 aliphatic heterocycles. The van der Waals surface area contributed by atoms with Crippen LogP contribution in [0.1, 0.15) is 26.7 Å². The number of carboxylic acid groups (broad SMARTS) is 1. The summed E-state index contributed by atoms with van der Waals surface area (Å²) in [5, 5.41) is 12.1. The Labute approximate surface area is 383 Å². The lowest BCUT2D eigenvalue weighted by molar-refractivity contribution is -0.134. The molecule has 0 bridgehead atoms. The fraction of sp³-hybridized carbons (Fsp3) is 0.125. The minimum absolute atomic E-state index is 0.132. The van der Waals surface area contributed by atoms with Crippen molar-refractivity contribution < 1.29 is 9.90 Å². The van der Waals surface area contributed by atoms with E-state index in [0.29, 0.717) is 0 Å². The molecule has 0 radical (unpaired) electrons. The molecular weight excluding hydrogens is 855 g/mol. The number of halogens is 1. The molecule has 0 spiro atoms. The Morgan fingerprint density at radius 1 is 0.500 bits per heavy atom. The predicted molar refractivity (Wildman–Crippen MR) is 267 cm³/mol. The van der Waals surface area contributed by atoms with E-state index in [0.717, 1.165) is 104 Å². The third-order valence-electron chi connectivity index (χ3n) is 10.9. The molecule has 9 aromatic rings. The van der Waals surface area contributed by atoms with Crippen molar-refractivity contribution in [3.63, 3.8) is 0 Å². The molecule has 64 heavy (non-hydrogen) atoms. The summed E-state index contributed by atoms with van der Waals surface area (Å²) in [7, 11) is 0. The van der Waals surface area contributed by atoms with E-state index in [4.69, 9.17) is 15.1 Å². The van der Waals surface area contributed by atoms with E-state index < -0.39 is 5.97 Å². The molecule has 0 aliphatic carbocycles. The maximum atomic E-state index is 11.1. The monoisotopic (exact) mass is 903 g/mol. The zero-order chi connectivity index (χ0) is 44.3. The molecule has 7 nitrogen and oxygen atoms in total. The summed E-state index contributed by atoms with van der Waals surface area (Å²) in [6, 6.07) is 66.3. The van der Waals surface area contributed by atoms with E-state index in [-0.39, 0.29) is 6.54 Å². The van der Waals surface area contributed by atoms with E-state index in [1.54, 1.807) is 0 Å². The second kappa shape index (κ2) is 20.7. The van der Waals surface area contributed by atoms with Crippen molar-refractivity contribution in [2.75, 3.05) is 11.9 Å². The molecular formula is C56H50BrN5O2. The lowest BCUT2D eigenvalue weighted by atomic mass is 9.98. The highest BCUT2D eigenvalue weighted by Gasteiger charge is 2.24. The van der Waals surface area contributed by atoms with Crippen molar-refractivity contribution >= 4 is 27.6 Å². The molecule has 7 aromatic carbocycles. The van der Waals surface area contributed by atoms with E-state index in [1.165, 1.54) is 11.3 Å². The molecule has 318 valence electrons. The molecule has 0 unspecified atom stereocenters. The zero-order valence-corrected chi connectivity index (χ0v) is 37.6. The van der Waals surface area contributed by atoms with Gasteiger partial charge in [-0.25, -0.2) is 9.97 Å². The Hall–Kier alpha value is -7.29. The number of carbonyl (C=O) groups is 1. The lowest BCUT2D eigenvalue weighted by Gasteiger charge is -2.15. The van der Waals surface area contributed by atoms with E-state index in [9.17, 15) is 4.79 Å². The summed E-state index contributed by atoms with van der Waals surface area (Å²) < 4.78 is 5.76. The molecule has 2 N–H and O–H groups in total. The number of nitrogens with zero attached hydrogens (tertiary/aromatic N) is 4. The second-order valence-electron chi connectivity index (χ2n) is 15.4. The number of imidazole rings is 2. The fourth-order valence-corrected chi connectivity index (χ4v) is 8.58. The Kier molecular flexibility index (Phi) is 14.0. The van der Waals surface area contributed by atoms with Crippen molar-refractivity contribution in [1.29, 1.82) is 0 Å². The van der Waals surface area contributed by atoms with Crippen LogP contribution in [0.25, 0.3) is 78.9 Å². The van der Waals surface area contributed by atoms with Crippen LogP contribution in [0.5, 0.6) is 0 Å². The fourth-order valence-electron chi connectivity index (χ4n) is 8.12. The standard InChI is InChI=1S/C32H29N3O2.C24H21BrN2/c1-2-20-35-31(24-14-7-4-8-15-24)30(23-12-5-3-6-13-23)34-32(35)28-19-10-9-18-27(28)25-16-11-17-26(21-25)33-22-29(36)37;1-2-17-27-23(19-13-7-4-8-14-19)22(18-11-5-3-6-12-18)26-24(27)20-15-9-10-16-21(20)25/h3-19,21,33H,2,20,22H2,1H3,(H,36,37);3-16H,2,17H2,1H3. The number of hydrogen-bond donors (Lipinski definition) is 2. The second-order valence-corrected chi connectivity index (χ2v) is 16.2. The van der Waals surface area contributed by atoms with Gasteiger partial charge in [0, 0.05) is 56.6 Å². The van der Waals surface area contributed by atoms with Crippen LogP contribution in [0, 0.1) is 0 Å². The van der Waals surface area contributed by atoms with Crippen LogP contribution in [-0.2, 0) is 17.9 Å². The molecule has 0 atom stereocenters. The topological polar surface area (TPSA) is 85.0 Å². The first-order valence-electron chi connectivity index (χ1n) is 21.8. The average molecular weight is 905 g/mol. The summed E-state index contributed by atoms with van der Waals surface area (Å²) >= 11 is 3.71. The van der Waals surface area contributed by atoms with Gasteiger partial charge in [-0.3, -0.25) is 4.79 Å². The van der Waals surface area contributed by atoms with Gasteiger partial charge in [0.25, 0.3) is 0 Å². The summed E-state index contributed by atoms with van der Waals surface area (Å²) in [4.78, 5) is 21.5. The third-order valence-corrected chi connectivity index (χ3v) is 11.6. The molecule has 0 saturated carbocycles. The van der Waals surface area contributed by atoms with Gasteiger partial charge in [-0.2, -0.15) is 0 Å². The van der Waals surface area contributed by atoms with E-state index in [1.807, 2.05) is 72.8 Å². The number of anilines is 1. The SMILES string of the molecule is CCCn1c(-c2ccccc2-c2cccc(NCC(=O)O)c2)nc(-c2ccccc2)c1-c1ccccc1.CCCn1c(-c2ccccc2Br)nc(-c2ccccc2)c1-c1ccccc1. The molecule has 2 heterocycles. The van der Waals surface area contributed by atoms with Gasteiger partial charge in [-0.1, -0.05) is 206 Å². The summed E-state index contributed by atoms with van der Waals surface area (Å²) in [5.41, 5.74) is 13.8. The lowest BCUT2D eigenvalue weighted by Crippen LogP contribution is -2.12. The Morgan fingerprint density at radius 3 is 1.38 bits per heavy atom. The van der Waals surface area contributed by atoms with Gasteiger partial charge in [-0.05, 0) is 42.2 Å². The highest BCUT2D eigenvalue weighted by atomic mass is 79.9. The van der Waals surface area contributed by atoms with Crippen LogP contribution in [0.15, 0.2) is 199 Å². The molecule has 2 aromatic heterocycles. The maximum Gasteiger partial charge on any atom is 0.322 e. The highest BCUT2D eigenvalue weighted by molar-refractivity contribution is 9.10. The number of rotatable bonds is 14. The first-order chi connectivity index (χ1) is 31.4. The van der Waals surface area contributed by atoms with Crippen LogP contribution in [-0.4, -0.2) is 36.7 Å². The normalized spacial score (nSPS) is 10.9. The third kappa shape index (κ3) is 9.68. The summed E-state index contributed by atoms with van der Waals surface area (Å²) in [6.07, 6.45) is 2.01. The van der Waals surface area contributed by atoms with Crippen molar-refractivity contribution in [3.8, 4) is 78.9 Å². The van der Waals surface area contributed by atoms with Crippen molar-refractivity contribution in [2.45, 2.75) is 39.8 Å². The Morgan fingerprint density at radius 2 is 0.906 bits per heavy atom. The number of benzene rings is 7. The zero-order valence-electron chi connectivity index (χ0n) is 36.0. The minimum atomic E-state index is -0.894. The van der Waals surface area contributed by atoms with E-state index >= 15 is 0 Å². The van der Waals surface area contributed by atoms with Crippen molar-refractivity contribution in [3.05, 3.63) is 199 Å². The molecule has 8 heteroatoms. The van der Waals surface area contributed by atoms with Crippen molar-refractivity contribution in [1.82, 2.24) is 19.1 Å². The number of carboxylic acids is 1. The minimum Gasteiger partial charge on any atom is -0.480 e. The largest absolute Gasteiger partial charge is 0.480 e. The van der Waals surface area contributed by atoms with Gasteiger partial charge < -0.3 is 19.6 Å². The quantitative estimate of drug-likeness (QED) is 0.114. The van der Waals surface area contributed by atoms with Crippen molar-refractivity contribution in [2.24, 2.45) is 0 Å². The van der Waals surface area contributed by atoms with Gasteiger partial charge in [-0.15, -0.1) is 0 Å². The van der Waals surface area contributed by atoms with Crippen LogP contribution >= 0.6 is 15.9 Å². The average Bonchev–Trinajstić information content (AvgIpc) is 3.91. The smallest absolute Gasteiger partial charge is 0.322 e. The molecule has 0 amide bonds. The van der Waals surface area contributed by atoms with Gasteiger partial charge in [0.2, 0.25) is 0 Å². The highest BCUT2D eigenvalue weighted by Crippen LogP contribution is 2.41. The molecule has 9 rings (SSSR count). The molecule has 0 fully saturated rings. The van der Waals surface area contributed by atoms with Gasteiger partial charge in [0.1, 0.15) is 18.2 Å². The number of nitrogens with one attached hydrogen (secondary N) is 1. The number of aliphatic carboxylic acids is 1. The first kappa shape index (κ1) is 43.4. The van der Waals surface area contributed by atoms with Crippen LogP contribution in [0.4, 0.5) is 5.69 Å². The maximum absolute atomic E-state index is 11.1. The Bertz CT molecular complexity index is 2950. The first-order valence-corrected chi connectivity index (χ1v) is 22.6. The van der Waals surface area contributed by atoms with Crippen LogP contribution < -0.4 is 5.32 Å². The summed E-state index contributed by atoms with van der Waals surface area (Å²) in [6.45, 7) is 6.01. The van der Waals surface area contributed by atoms with Crippen LogP contribution in [0.3, 0.4) is 0 Å². The number of aromatic nitrogens is 4. The van der Waals surface area contributed by atoms with Gasteiger partial charge in [0.05, 0.1) is 22.8 Å². The van der Waals surface area contributed by atoms with Gasteiger partial charge >= 0.3 is 5.97 Å². The van der Waals surface area contributed by atoms with Crippen LogP contribution in [0.2, 0.25) is 0 Å². The molecule has 0 saturated heterocycles. The van der Waals surface area contributed by atoms with Gasteiger partial charge in [0.15, 0.2) is 0 Å².